The quantitative estimate of drug-likeness (QED) is 0.641. The molecule has 2 aromatic carbocycles. The van der Waals surface area contributed by atoms with Crippen LogP contribution in [0.1, 0.15) is 24.0 Å². The summed E-state index contributed by atoms with van der Waals surface area (Å²) in [5, 5.41) is 12.1. The number of amides is 2. The van der Waals surface area contributed by atoms with Crippen LogP contribution in [0.25, 0.3) is 11.1 Å². The van der Waals surface area contributed by atoms with Crippen molar-refractivity contribution in [1.82, 2.24) is 10.2 Å². The zero-order chi connectivity index (χ0) is 24.2. The number of alkyl carbamates (subject to hydrolysis) is 1. The number of carboxylic acid groups (broad SMARTS) is 1. The number of aliphatic carboxylic acids is 1. The molecular formula is C25H28N2O7. The summed E-state index contributed by atoms with van der Waals surface area (Å²) < 4.78 is 16.1. The van der Waals surface area contributed by atoms with Crippen LogP contribution in [0.2, 0.25) is 0 Å². The van der Waals surface area contributed by atoms with Gasteiger partial charge in [0.2, 0.25) is 5.91 Å². The molecule has 0 spiro atoms. The maximum Gasteiger partial charge on any atom is 0.407 e. The SMILES string of the molecule is COC(C)C(NC(=O)OCC1c2ccccc2-c2ccccc21)C(=O)N1CCOCC1C(=O)O. The van der Waals surface area contributed by atoms with Gasteiger partial charge in [0.05, 0.1) is 19.3 Å². The molecule has 3 atom stereocenters. The molecule has 1 fully saturated rings. The Labute approximate surface area is 197 Å². The lowest BCUT2D eigenvalue weighted by molar-refractivity contribution is -0.160. The van der Waals surface area contributed by atoms with Gasteiger partial charge in [-0.25, -0.2) is 9.59 Å². The fourth-order valence-corrected chi connectivity index (χ4v) is 4.53. The number of hydrogen-bond donors (Lipinski definition) is 2. The Hall–Kier alpha value is -3.43. The number of rotatable bonds is 7. The van der Waals surface area contributed by atoms with Crippen LogP contribution in [0.5, 0.6) is 0 Å². The number of methoxy groups -OCH3 is 1. The number of benzene rings is 2. The number of morpholine rings is 1. The number of carbonyl (C=O) groups excluding carboxylic acids is 2. The zero-order valence-corrected chi connectivity index (χ0v) is 19.1. The Kier molecular flexibility index (Phi) is 7.14. The summed E-state index contributed by atoms with van der Waals surface area (Å²) in [6.45, 7) is 1.93. The van der Waals surface area contributed by atoms with Gasteiger partial charge in [-0.15, -0.1) is 0 Å². The summed E-state index contributed by atoms with van der Waals surface area (Å²) >= 11 is 0. The molecule has 9 heteroatoms. The first-order chi connectivity index (χ1) is 16.4. The molecular weight excluding hydrogens is 440 g/mol. The van der Waals surface area contributed by atoms with E-state index in [0.29, 0.717) is 0 Å². The Bertz CT molecular complexity index is 1030. The Morgan fingerprint density at radius 2 is 1.74 bits per heavy atom. The number of nitrogens with one attached hydrogen (secondary N) is 1. The van der Waals surface area contributed by atoms with Gasteiger partial charge in [0, 0.05) is 19.6 Å². The van der Waals surface area contributed by atoms with Crippen LogP contribution < -0.4 is 5.32 Å². The molecule has 2 N–H and O–H groups in total. The minimum absolute atomic E-state index is 0.0947. The molecule has 0 bridgehead atoms. The molecule has 1 aliphatic heterocycles. The van der Waals surface area contributed by atoms with Crippen molar-refractivity contribution < 1.29 is 33.7 Å². The third-order valence-electron chi connectivity index (χ3n) is 6.42. The van der Waals surface area contributed by atoms with E-state index < -0.39 is 36.2 Å². The number of ether oxygens (including phenoxy) is 3. The van der Waals surface area contributed by atoms with Crippen LogP contribution in [-0.2, 0) is 23.8 Å². The van der Waals surface area contributed by atoms with Crippen LogP contribution in [0.3, 0.4) is 0 Å². The Morgan fingerprint density at radius 1 is 1.12 bits per heavy atom. The highest BCUT2D eigenvalue weighted by Gasteiger charge is 2.39. The molecule has 1 heterocycles. The fraction of sp³-hybridized carbons (Fsp3) is 0.400. The second-order valence-electron chi connectivity index (χ2n) is 8.35. The van der Waals surface area contributed by atoms with Gasteiger partial charge in [-0.1, -0.05) is 48.5 Å². The predicted molar refractivity (Wildman–Crippen MR) is 122 cm³/mol. The third-order valence-corrected chi connectivity index (χ3v) is 6.42. The second-order valence-corrected chi connectivity index (χ2v) is 8.35. The van der Waals surface area contributed by atoms with Crippen LogP contribution in [0.4, 0.5) is 4.79 Å². The van der Waals surface area contributed by atoms with Crippen molar-refractivity contribution in [3.05, 3.63) is 59.7 Å². The van der Waals surface area contributed by atoms with E-state index in [1.165, 1.54) is 12.0 Å². The maximum atomic E-state index is 13.2. The van der Waals surface area contributed by atoms with Gasteiger partial charge in [0.25, 0.3) is 0 Å². The van der Waals surface area contributed by atoms with Gasteiger partial charge in [-0.3, -0.25) is 4.79 Å². The molecule has 2 aromatic rings. The average molecular weight is 469 g/mol. The first-order valence-corrected chi connectivity index (χ1v) is 11.2. The zero-order valence-electron chi connectivity index (χ0n) is 19.1. The first-order valence-electron chi connectivity index (χ1n) is 11.2. The van der Waals surface area contributed by atoms with E-state index >= 15 is 0 Å². The largest absolute Gasteiger partial charge is 0.480 e. The van der Waals surface area contributed by atoms with Gasteiger partial charge in [-0.05, 0) is 29.2 Å². The molecule has 34 heavy (non-hydrogen) atoms. The Morgan fingerprint density at radius 3 is 2.32 bits per heavy atom. The highest BCUT2D eigenvalue weighted by atomic mass is 16.5. The summed E-state index contributed by atoms with van der Waals surface area (Å²) in [5.41, 5.74) is 4.37. The molecule has 1 aliphatic carbocycles. The molecule has 2 amide bonds. The van der Waals surface area contributed by atoms with E-state index in [0.717, 1.165) is 22.3 Å². The molecule has 1 saturated heterocycles. The third kappa shape index (κ3) is 4.62. The molecule has 4 rings (SSSR count). The summed E-state index contributed by atoms with van der Waals surface area (Å²) in [7, 11) is 1.42. The molecule has 9 nitrogen and oxygen atoms in total. The summed E-state index contributed by atoms with van der Waals surface area (Å²) in [6.07, 6.45) is -1.48. The van der Waals surface area contributed by atoms with Gasteiger partial charge in [0.1, 0.15) is 12.6 Å². The molecule has 3 unspecified atom stereocenters. The van der Waals surface area contributed by atoms with Gasteiger partial charge < -0.3 is 29.5 Å². The van der Waals surface area contributed by atoms with Crippen molar-refractivity contribution in [2.45, 2.75) is 31.0 Å². The van der Waals surface area contributed by atoms with Crippen molar-refractivity contribution in [3.8, 4) is 11.1 Å². The molecule has 0 saturated carbocycles. The number of carbonyl (C=O) groups is 3. The van der Waals surface area contributed by atoms with E-state index in [9.17, 15) is 19.5 Å². The minimum atomic E-state index is -1.17. The Balaban J connectivity index is 1.46. The molecule has 0 aromatic heterocycles. The van der Waals surface area contributed by atoms with Crippen LogP contribution >= 0.6 is 0 Å². The topological polar surface area (TPSA) is 114 Å². The van der Waals surface area contributed by atoms with Crippen LogP contribution in [-0.4, -0.2) is 79.6 Å². The van der Waals surface area contributed by atoms with Gasteiger partial charge >= 0.3 is 12.1 Å². The number of fused-ring (bicyclic) bond motifs is 3. The van der Waals surface area contributed by atoms with Gasteiger partial charge in [-0.2, -0.15) is 0 Å². The van der Waals surface area contributed by atoms with Crippen molar-refractivity contribution in [1.29, 1.82) is 0 Å². The monoisotopic (exact) mass is 468 g/mol. The lowest BCUT2D eigenvalue weighted by Gasteiger charge is -2.36. The summed E-state index contributed by atoms with van der Waals surface area (Å²) in [4.78, 5) is 38.7. The van der Waals surface area contributed by atoms with Crippen molar-refractivity contribution in [2.24, 2.45) is 0 Å². The standard InChI is InChI=1S/C25H28N2O7/c1-15(32-2)22(23(28)27-11-12-33-14-21(27)24(29)30)26-25(31)34-13-20-18-9-5-3-7-16(18)17-8-4-6-10-19(17)20/h3-10,15,20-22H,11-14H2,1-2H3,(H,26,31)(H,29,30). The van der Waals surface area contributed by atoms with E-state index in [4.69, 9.17) is 14.2 Å². The van der Waals surface area contributed by atoms with Crippen LogP contribution in [0.15, 0.2) is 48.5 Å². The lowest BCUT2D eigenvalue weighted by atomic mass is 9.98. The van der Waals surface area contributed by atoms with Crippen LogP contribution in [0, 0.1) is 0 Å². The van der Waals surface area contributed by atoms with Gasteiger partial charge in [0.15, 0.2) is 6.04 Å². The predicted octanol–water partition coefficient (Wildman–Crippen LogP) is 2.24. The van der Waals surface area contributed by atoms with E-state index in [1.807, 2.05) is 48.5 Å². The first kappa shape index (κ1) is 23.7. The fourth-order valence-electron chi connectivity index (χ4n) is 4.53. The van der Waals surface area contributed by atoms with E-state index in [2.05, 4.69) is 5.32 Å². The number of carboxylic acids is 1. The summed E-state index contributed by atoms with van der Waals surface area (Å²) in [6, 6.07) is 13.7. The van der Waals surface area contributed by atoms with Crippen molar-refractivity contribution in [3.63, 3.8) is 0 Å². The van der Waals surface area contributed by atoms with E-state index in [1.54, 1.807) is 6.92 Å². The highest BCUT2D eigenvalue weighted by molar-refractivity contribution is 5.90. The van der Waals surface area contributed by atoms with E-state index in [-0.39, 0.29) is 32.3 Å². The second kappa shape index (κ2) is 10.2. The molecule has 2 aliphatic rings. The van der Waals surface area contributed by atoms with Crippen molar-refractivity contribution >= 4 is 18.0 Å². The smallest absolute Gasteiger partial charge is 0.407 e. The molecule has 0 radical (unpaired) electrons. The number of nitrogens with zero attached hydrogens (tertiary/aromatic N) is 1. The summed E-state index contributed by atoms with van der Waals surface area (Å²) in [5.74, 6) is -1.85. The normalized spacial score (nSPS) is 19.0. The number of hydrogen-bond acceptors (Lipinski definition) is 6. The highest BCUT2D eigenvalue weighted by Crippen LogP contribution is 2.44. The maximum absolute atomic E-state index is 13.2. The van der Waals surface area contributed by atoms with Crippen molar-refractivity contribution in [2.75, 3.05) is 33.5 Å². The minimum Gasteiger partial charge on any atom is -0.480 e. The lowest BCUT2D eigenvalue weighted by Crippen LogP contribution is -2.61. The average Bonchev–Trinajstić information content (AvgIpc) is 3.18. The molecule has 180 valence electrons.